The molecular formula is C10H9BrO. The van der Waals surface area contributed by atoms with Crippen LogP contribution in [0, 0.1) is 12.3 Å². The van der Waals surface area contributed by atoms with E-state index in [4.69, 9.17) is 6.42 Å². The van der Waals surface area contributed by atoms with Gasteiger partial charge in [0.15, 0.2) is 0 Å². The molecule has 1 nitrogen and oxygen atoms in total. The Bertz CT molecular complexity index is 323. The molecule has 0 aromatic heterocycles. The Labute approximate surface area is 80.6 Å². The summed E-state index contributed by atoms with van der Waals surface area (Å²) in [5.74, 6) is 2.32. The van der Waals surface area contributed by atoms with Crippen LogP contribution in [0.25, 0.3) is 0 Å². The average Bonchev–Trinajstić information content (AvgIpc) is 2.05. The van der Waals surface area contributed by atoms with Crippen LogP contribution in [0.3, 0.4) is 0 Å². The number of benzene rings is 1. The number of rotatable bonds is 1. The van der Waals surface area contributed by atoms with Crippen LogP contribution >= 0.6 is 15.9 Å². The zero-order valence-corrected chi connectivity index (χ0v) is 8.30. The molecule has 1 unspecified atom stereocenters. The predicted molar refractivity (Wildman–Crippen MR) is 52.5 cm³/mol. The fraction of sp³-hybridized carbons (Fsp3) is 0.200. The molecule has 1 aromatic carbocycles. The highest BCUT2D eigenvalue weighted by molar-refractivity contribution is 9.10. The van der Waals surface area contributed by atoms with Crippen LogP contribution in [0.1, 0.15) is 12.5 Å². The minimum Gasteiger partial charge on any atom is -0.374 e. The molecule has 0 aliphatic rings. The van der Waals surface area contributed by atoms with Gasteiger partial charge in [0, 0.05) is 4.47 Å². The summed E-state index contributed by atoms with van der Waals surface area (Å²) in [4.78, 5) is 0. The van der Waals surface area contributed by atoms with E-state index in [0.717, 1.165) is 10.0 Å². The van der Waals surface area contributed by atoms with Crippen molar-refractivity contribution in [2.45, 2.75) is 12.5 Å². The average molecular weight is 225 g/mol. The van der Waals surface area contributed by atoms with Gasteiger partial charge in [-0.05, 0) is 24.6 Å². The molecule has 1 atom stereocenters. The molecule has 0 saturated heterocycles. The number of hydrogen-bond acceptors (Lipinski definition) is 1. The van der Waals surface area contributed by atoms with E-state index in [-0.39, 0.29) is 0 Å². The number of terminal acetylenes is 1. The highest BCUT2D eigenvalue weighted by Crippen LogP contribution is 2.22. The molecule has 12 heavy (non-hydrogen) atoms. The first kappa shape index (κ1) is 9.31. The summed E-state index contributed by atoms with van der Waals surface area (Å²) < 4.78 is 0.913. The van der Waals surface area contributed by atoms with Crippen LogP contribution in [-0.2, 0) is 5.60 Å². The van der Waals surface area contributed by atoms with Gasteiger partial charge in [0.2, 0.25) is 0 Å². The summed E-state index contributed by atoms with van der Waals surface area (Å²) in [6.45, 7) is 1.59. The first-order chi connectivity index (χ1) is 5.56. The Morgan fingerprint density at radius 1 is 1.58 bits per heavy atom. The van der Waals surface area contributed by atoms with E-state index in [1.165, 1.54) is 0 Å². The first-order valence-electron chi connectivity index (χ1n) is 3.52. The van der Waals surface area contributed by atoms with Crippen LogP contribution in [-0.4, -0.2) is 5.11 Å². The Morgan fingerprint density at radius 3 is 2.75 bits per heavy atom. The molecule has 1 N–H and O–H groups in total. The SMILES string of the molecule is C#CC(C)(O)c1cccc(Br)c1. The summed E-state index contributed by atoms with van der Waals surface area (Å²) in [5, 5.41) is 9.66. The van der Waals surface area contributed by atoms with Crippen molar-refractivity contribution in [1.82, 2.24) is 0 Å². The Morgan fingerprint density at radius 2 is 2.25 bits per heavy atom. The molecule has 0 amide bonds. The van der Waals surface area contributed by atoms with Gasteiger partial charge in [-0.1, -0.05) is 34.0 Å². The smallest absolute Gasteiger partial charge is 0.147 e. The molecule has 1 aromatic rings. The summed E-state index contributed by atoms with van der Waals surface area (Å²) >= 11 is 3.30. The lowest BCUT2D eigenvalue weighted by atomic mass is 9.97. The second-order valence-corrected chi connectivity index (χ2v) is 3.64. The largest absolute Gasteiger partial charge is 0.374 e. The second kappa shape index (κ2) is 3.30. The third-order valence-electron chi connectivity index (χ3n) is 1.67. The van der Waals surface area contributed by atoms with Crippen molar-refractivity contribution < 1.29 is 5.11 Å². The maximum atomic E-state index is 9.66. The van der Waals surface area contributed by atoms with Gasteiger partial charge in [-0.15, -0.1) is 6.42 Å². The second-order valence-electron chi connectivity index (χ2n) is 2.73. The van der Waals surface area contributed by atoms with Gasteiger partial charge in [0.1, 0.15) is 5.60 Å². The fourth-order valence-corrected chi connectivity index (χ4v) is 1.27. The van der Waals surface area contributed by atoms with E-state index in [1.807, 2.05) is 12.1 Å². The molecule has 0 aliphatic carbocycles. The van der Waals surface area contributed by atoms with Crippen LogP contribution in [0.15, 0.2) is 28.7 Å². The molecule has 0 spiro atoms. The van der Waals surface area contributed by atoms with Gasteiger partial charge >= 0.3 is 0 Å². The van der Waals surface area contributed by atoms with Gasteiger partial charge < -0.3 is 5.11 Å². The summed E-state index contributed by atoms with van der Waals surface area (Å²) in [7, 11) is 0. The minimum absolute atomic E-state index is 0.722. The molecule has 1 rings (SSSR count). The maximum Gasteiger partial charge on any atom is 0.147 e. The lowest BCUT2D eigenvalue weighted by molar-refractivity contribution is 0.122. The molecule has 0 bridgehead atoms. The molecule has 0 fully saturated rings. The van der Waals surface area contributed by atoms with Crippen LogP contribution < -0.4 is 0 Å². The van der Waals surface area contributed by atoms with Crippen molar-refractivity contribution in [3.05, 3.63) is 34.3 Å². The lowest BCUT2D eigenvalue weighted by Gasteiger charge is -2.16. The Hall–Kier alpha value is -0.780. The van der Waals surface area contributed by atoms with E-state index >= 15 is 0 Å². The zero-order chi connectivity index (χ0) is 9.19. The third-order valence-corrected chi connectivity index (χ3v) is 2.16. The van der Waals surface area contributed by atoms with Gasteiger partial charge in [-0.3, -0.25) is 0 Å². The van der Waals surface area contributed by atoms with Crippen LogP contribution in [0.2, 0.25) is 0 Å². The van der Waals surface area contributed by atoms with E-state index in [2.05, 4.69) is 21.9 Å². The van der Waals surface area contributed by atoms with Crippen molar-refractivity contribution in [1.29, 1.82) is 0 Å². The van der Waals surface area contributed by atoms with Crippen molar-refractivity contribution in [3.8, 4) is 12.3 Å². The van der Waals surface area contributed by atoms with Crippen molar-refractivity contribution in [2.24, 2.45) is 0 Å². The standard InChI is InChI=1S/C10H9BrO/c1-3-10(2,12)8-5-4-6-9(11)7-8/h1,4-7,12H,2H3. The number of aliphatic hydroxyl groups is 1. The summed E-state index contributed by atoms with van der Waals surface area (Å²) in [6.07, 6.45) is 5.17. The molecule has 0 radical (unpaired) electrons. The van der Waals surface area contributed by atoms with Gasteiger partial charge in [-0.25, -0.2) is 0 Å². The van der Waals surface area contributed by atoms with E-state index in [0.29, 0.717) is 0 Å². The maximum absolute atomic E-state index is 9.66. The summed E-state index contributed by atoms with van der Waals surface area (Å²) in [6, 6.07) is 7.33. The molecular weight excluding hydrogens is 216 g/mol. The summed E-state index contributed by atoms with van der Waals surface area (Å²) in [5.41, 5.74) is -0.455. The Kier molecular flexibility index (Phi) is 2.56. The molecule has 0 aliphatic heterocycles. The normalized spacial score (nSPS) is 14.8. The highest BCUT2D eigenvalue weighted by Gasteiger charge is 2.18. The quantitative estimate of drug-likeness (QED) is 0.727. The van der Waals surface area contributed by atoms with Gasteiger partial charge in [0.25, 0.3) is 0 Å². The lowest BCUT2D eigenvalue weighted by Crippen LogP contribution is -2.17. The van der Waals surface area contributed by atoms with E-state index in [9.17, 15) is 5.11 Å². The van der Waals surface area contributed by atoms with Crippen molar-refractivity contribution in [3.63, 3.8) is 0 Å². The molecule has 0 saturated carbocycles. The monoisotopic (exact) mass is 224 g/mol. The molecule has 62 valence electrons. The first-order valence-corrected chi connectivity index (χ1v) is 4.32. The van der Waals surface area contributed by atoms with Gasteiger partial charge in [-0.2, -0.15) is 0 Å². The number of halogens is 1. The van der Waals surface area contributed by atoms with Crippen molar-refractivity contribution >= 4 is 15.9 Å². The predicted octanol–water partition coefficient (Wildman–Crippen LogP) is 2.29. The van der Waals surface area contributed by atoms with E-state index in [1.54, 1.807) is 19.1 Å². The van der Waals surface area contributed by atoms with Gasteiger partial charge in [0.05, 0.1) is 0 Å². The topological polar surface area (TPSA) is 20.2 Å². The molecule has 0 heterocycles. The fourth-order valence-electron chi connectivity index (χ4n) is 0.875. The third kappa shape index (κ3) is 1.88. The Balaban J connectivity index is 3.14. The highest BCUT2D eigenvalue weighted by atomic mass is 79.9. The molecule has 2 heteroatoms. The number of hydrogen-bond donors (Lipinski definition) is 1. The zero-order valence-electron chi connectivity index (χ0n) is 6.71. The van der Waals surface area contributed by atoms with Crippen molar-refractivity contribution in [2.75, 3.05) is 0 Å². The van der Waals surface area contributed by atoms with Crippen LogP contribution in [0.4, 0.5) is 0 Å². The minimum atomic E-state index is -1.18. The van der Waals surface area contributed by atoms with E-state index < -0.39 is 5.60 Å². The van der Waals surface area contributed by atoms with Crippen LogP contribution in [0.5, 0.6) is 0 Å².